The molecule has 0 aromatic heterocycles. The summed E-state index contributed by atoms with van der Waals surface area (Å²) in [5.74, 6) is 0. The zero-order valence-electron chi connectivity index (χ0n) is 35.3. The molecule has 0 spiro atoms. The van der Waals surface area contributed by atoms with Crippen LogP contribution in [0, 0.1) is 0 Å². The van der Waals surface area contributed by atoms with Gasteiger partial charge in [-0.25, -0.2) is 0 Å². The van der Waals surface area contributed by atoms with Gasteiger partial charge >= 0.3 is 340 Å². The number of hydrogen-bond donors (Lipinski definition) is 0. The summed E-state index contributed by atoms with van der Waals surface area (Å²) in [5.41, 5.74) is 12.6. The van der Waals surface area contributed by atoms with Crippen LogP contribution in [0.1, 0.15) is 97.0 Å². The Labute approximate surface area is 337 Å². The van der Waals surface area contributed by atoms with Crippen molar-refractivity contribution in [3.8, 4) is 11.1 Å². The second kappa shape index (κ2) is 13.3. The number of rotatable bonds is 11. The van der Waals surface area contributed by atoms with Crippen LogP contribution in [0.25, 0.3) is 11.1 Å². The Morgan fingerprint density at radius 1 is 0.544 bits per heavy atom. The molecule has 8 rings (SSSR count). The molecule has 2 aliphatic carbocycles. The molecule has 0 aliphatic heterocycles. The van der Waals surface area contributed by atoms with E-state index in [9.17, 15) is 0 Å². The average molecular weight is 914 g/mol. The van der Waals surface area contributed by atoms with Crippen molar-refractivity contribution < 1.29 is 15.1 Å². The van der Waals surface area contributed by atoms with E-state index in [1.807, 2.05) is 0 Å². The van der Waals surface area contributed by atoms with Crippen molar-refractivity contribution >= 4 is 7.58 Å². The third kappa shape index (κ3) is 5.89. The van der Waals surface area contributed by atoms with Crippen LogP contribution in [-0.2, 0) is 40.7 Å². The second-order valence-corrected chi connectivity index (χ2v) is 61.6. The first-order chi connectivity index (χ1) is 27.2. The Hall–Kier alpha value is -4.46. The van der Waals surface area contributed by atoms with Gasteiger partial charge in [0.1, 0.15) is 0 Å². The molecule has 0 radical (unpaired) electrons. The molecule has 0 unspecified atom stereocenters. The Morgan fingerprint density at radius 3 is 1.40 bits per heavy atom. The van der Waals surface area contributed by atoms with E-state index in [2.05, 4.69) is 217 Å². The van der Waals surface area contributed by atoms with E-state index in [0.717, 1.165) is 31.8 Å². The summed E-state index contributed by atoms with van der Waals surface area (Å²) < 4.78 is 12.6. The van der Waals surface area contributed by atoms with Gasteiger partial charge in [-0.2, -0.15) is 0 Å². The molecule has 6 aromatic carbocycles. The van der Waals surface area contributed by atoms with Crippen molar-refractivity contribution in [3.63, 3.8) is 0 Å². The van der Waals surface area contributed by atoms with E-state index in [1.165, 1.54) is 53.4 Å². The van der Waals surface area contributed by atoms with E-state index >= 15 is 0 Å². The molecule has 0 N–H and O–H groups in total. The zero-order valence-corrected chi connectivity index (χ0v) is 38.9. The Kier molecular flexibility index (Phi) is 9.18. The minimum absolute atomic E-state index is 0.0242. The monoisotopic (exact) mass is 914 g/mol. The first-order valence-electron chi connectivity index (χ1n) is 21.4. The molecule has 0 heterocycles. The standard InChI is InChI=1S/C21H25.C9H11.2C7H7.C6H5.C5H5.CH2.Hf/c1-20(2,3)16-7-9-18-14(12-16)11-15-13-17(21(4,5)6)8-10-19(15)18;1-2-6-9-7-4-3-5-8-9;2*1-7-5-3-2-4-6-7;1-2-4-6-5-3-1;1-2-4-5-3-1;;/h7-13H,1-6H3;3-5,7-8H,1-2,6H2;2*2-6H,1H2;1-5H;1-3H,4H2;1H2;. The summed E-state index contributed by atoms with van der Waals surface area (Å²) in [6.45, 7) is 14.2. The van der Waals surface area contributed by atoms with Crippen LogP contribution < -0.4 is 3.32 Å². The SMILES string of the molecule is [CH2]=[Hf]([CH2]CCc1ccccc1)([CH2]c1ccccc1)([CH2]c1ccccc1)([C]1=CC=CC1)([c]1ccccc1)[CH]1c2cc(C(C)(C)C)ccc2-c2ccc(C(C)(C)C)cc21. The van der Waals surface area contributed by atoms with Crippen molar-refractivity contribution in [2.24, 2.45) is 0 Å². The van der Waals surface area contributed by atoms with Gasteiger partial charge in [-0.15, -0.1) is 0 Å². The number of benzene rings is 6. The van der Waals surface area contributed by atoms with Gasteiger partial charge in [-0.3, -0.25) is 0 Å². The van der Waals surface area contributed by atoms with Gasteiger partial charge in [0.15, 0.2) is 0 Å². The summed E-state index contributed by atoms with van der Waals surface area (Å²) in [4.78, 5) is 0. The molecule has 0 amide bonds. The van der Waals surface area contributed by atoms with Gasteiger partial charge in [0.25, 0.3) is 0 Å². The molecule has 0 saturated heterocycles. The molecule has 290 valence electrons. The van der Waals surface area contributed by atoms with Crippen molar-refractivity contribution in [1.29, 1.82) is 0 Å². The zero-order chi connectivity index (χ0) is 40.1. The molecule has 0 fully saturated rings. The Balaban J connectivity index is 1.67. The maximum absolute atomic E-state index is 6.75. The first kappa shape index (κ1) is 39.4. The number of allylic oxidation sites excluding steroid dienone is 4. The molecular formula is C56H62Hf. The van der Waals surface area contributed by atoms with E-state index in [1.54, 1.807) is 3.33 Å². The van der Waals surface area contributed by atoms with E-state index in [4.69, 9.17) is 4.26 Å². The van der Waals surface area contributed by atoms with Crippen LogP contribution in [0.15, 0.2) is 179 Å². The summed E-state index contributed by atoms with van der Waals surface area (Å²) in [6, 6.07) is 61.4. The molecule has 1 heteroatoms. The maximum atomic E-state index is 6.59. The first-order valence-corrected chi connectivity index (χ1v) is 37.3. The van der Waals surface area contributed by atoms with Crippen molar-refractivity contribution in [2.45, 2.75) is 87.8 Å². The van der Waals surface area contributed by atoms with Gasteiger partial charge < -0.3 is 0 Å². The number of aryl methyl sites for hydroxylation is 1. The Bertz CT molecular complexity index is 2510. The van der Waals surface area contributed by atoms with Crippen LogP contribution in [0.4, 0.5) is 0 Å². The summed E-state index contributed by atoms with van der Waals surface area (Å²) >= 11 is -6.75. The van der Waals surface area contributed by atoms with Crippen molar-refractivity contribution in [2.75, 3.05) is 0 Å². The molecule has 0 atom stereocenters. The molecule has 0 bridgehead atoms. The third-order valence-corrected chi connectivity index (χ3v) is 65.7. The van der Waals surface area contributed by atoms with Crippen molar-refractivity contribution in [3.05, 3.63) is 218 Å². The van der Waals surface area contributed by atoms with E-state index in [-0.39, 0.29) is 14.5 Å². The summed E-state index contributed by atoms with van der Waals surface area (Å²) in [6.07, 6.45) is 10.3. The summed E-state index contributed by atoms with van der Waals surface area (Å²) in [7, 11) is 0. The average Bonchev–Trinajstić information content (AvgIpc) is 3.88. The van der Waals surface area contributed by atoms with Crippen LogP contribution >= 0.6 is 0 Å². The fourth-order valence-corrected chi connectivity index (χ4v) is 65.7. The molecule has 57 heavy (non-hydrogen) atoms. The number of hydrogen-bond acceptors (Lipinski definition) is 0. The minimum atomic E-state index is -6.75. The molecule has 2 aliphatic rings. The van der Waals surface area contributed by atoms with Crippen molar-refractivity contribution in [1.82, 2.24) is 0 Å². The van der Waals surface area contributed by atoms with Gasteiger partial charge in [0.2, 0.25) is 0 Å². The van der Waals surface area contributed by atoms with E-state index < -0.39 is 15.1 Å². The normalized spacial score (nSPS) is 16.2. The summed E-state index contributed by atoms with van der Waals surface area (Å²) in [5, 5.41) is 0. The Morgan fingerprint density at radius 2 is 0.982 bits per heavy atom. The van der Waals surface area contributed by atoms with Gasteiger partial charge in [-0.05, 0) is 0 Å². The van der Waals surface area contributed by atoms with Gasteiger partial charge in [0.05, 0.1) is 0 Å². The fraction of sp³-hybridized carbons (Fsp3) is 0.268. The van der Waals surface area contributed by atoms with Crippen LogP contribution in [0.2, 0.25) is 4.18 Å². The molecule has 6 aromatic rings. The topological polar surface area (TPSA) is 0 Å². The predicted molar refractivity (Wildman–Crippen MR) is 246 cm³/mol. The molecule has 0 nitrogen and oxygen atoms in total. The third-order valence-electron chi connectivity index (χ3n) is 15.6. The van der Waals surface area contributed by atoms with Gasteiger partial charge in [0, 0.05) is 0 Å². The molecular weight excluding hydrogens is 851 g/mol. The molecule has 0 saturated carbocycles. The van der Waals surface area contributed by atoms with E-state index in [0.29, 0.717) is 0 Å². The second-order valence-electron chi connectivity index (χ2n) is 21.0. The predicted octanol–water partition coefficient (Wildman–Crippen LogP) is 14.2. The van der Waals surface area contributed by atoms with Gasteiger partial charge in [-0.1, -0.05) is 0 Å². The number of fused-ring (bicyclic) bond motifs is 3. The van der Waals surface area contributed by atoms with Crippen LogP contribution in [0.5, 0.6) is 0 Å². The van der Waals surface area contributed by atoms with Crippen LogP contribution in [-0.4, -0.2) is 4.26 Å². The quantitative estimate of drug-likeness (QED) is 0.114. The van der Waals surface area contributed by atoms with Crippen LogP contribution in [0.3, 0.4) is 0 Å². The fourth-order valence-electron chi connectivity index (χ4n) is 12.8.